The molecule has 0 aliphatic heterocycles. The Hall–Kier alpha value is -2.88. The Morgan fingerprint density at radius 1 is 0.955 bits per heavy atom. The smallest absolute Gasteiger partial charge is 0.0502 e. The van der Waals surface area contributed by atoms with Crippen LogP contribution >= 0.6 is 0 Å². The molecule has 2 aromatic heterocycles. The fraction of sp³-hybridized carbons (Fsp3) is 0.462. The molecule has 0 bridgehead atoms. The van der Waals surface area contributed by atoms with Gasteiger partial charge in [-0.3, -0.25) is 9.98 Å². The molecular weight excluding hydrogens is 717 g/mol. The number of fused-ring (bicyclic) bond motifs is 4. The summed E-state index contributed by atoms with van der Waals surface area (Å²) in [5, 5.41) is 8.52. The Bertz CT molecular complexity index is 1670. The maximum absolute atomic E-state index is 4.85. The van der Waals surface area contributed by atoms with E-state index >= 15 is 0 Å². The molecule has 0 saturated heterocycles. The molecule has 44 heavy (non-hydrogen) atoms. The predicted molar refractivity (Wildman–Crippen MR) is 182 cm³/mol. The summed E-state index contributed by atoms with van der Waals surface area (Å²) in [6.45, 7) is 11.0. The van der Waals surface area contributed by atoms with Crippen molar-refractivity contribution in [1.82, 2.24) is 9.97 Å². The summed E-state index contributed by atoms with van der Waals surface area (Å²) in [5.41, 5.74) is 9.23. The van der Waals surface area contributed by atoms with Gasteiger partial charge in [-0.1, -0.05) is 131 Å². The van der Waals surface area contributed by atoms with E-state index in [0.29, 0.717) is 12.1 Å². The van der Waals surface area contributed by atoms with Crippen LogP contribution in [-0.2, 0) is 25.5 Å². The molecular formula is C39H46IrN4-2. The summed E-state index contributed by atoms with van der Waals surface area (Å²) in [6.07, 6.45) is 19.3. The van der Waals surface area contributed by atoms with Crippen LogP contribution < -0.4 is 0 Å². The summed E-state index contributed by atoms with van der Waals surface area (Å²) in [4.78, 5) is 14.2. The van der Waals surface area contributed by atoms with Crippen LogP contribution in [0.25, 0.3) is 38.2 Å². The number of aromatic nitrogens is 2. The van der Waals surface area contributed by atoms with Gasteiger partial charge in [0.25, 0.3) is 0 Å². The monoisotopic (exact) mass is 763 g/mol. The predicted octanol–water partition coefficient (Wildman–Crippen LogP) is 10.6. The van der Waals surface area contributed by atoms with Crippen molar-refractivity contribution in [3.63, 3.8) is 0 Å². The second kappa shape index (κ2) is 14.0. The van der Waals surface area contributed by atoms with Crippen LogP contribution in [0, 0.1) is 13.0 Å². The average molecular weight is 763 g/mol. The molecule has 3 aliphatic carbocycles. The molecule has 5 heteroatoms. The SMILES string of the molecule is CC(/C=C(/C)[N-]C1CCCCC1)=NC1CCCCC1.Cc1ccc2cnc3c(c2c1)C(C)(C)c1cccc2nc[c-]c-3c12.[Ir]. The molecule has 0 atom stereocenters. The third-order valence-electron chi connectivity index (χ3n) is 9.63. The number of allylic oxidation sites excluding steroid dienone is 2. The zero-order chi connectivity index (χ0) is 30.0. The summed E-state index contributed by atoms with van der Waals surface area (Å²) in [5.74, 6) is 0. The molecule has 2 heterocycles. The molecule has 4 aromatic rings. The van der Waals surface area contributed by atoms with Gasteiger partial charge in [0, 0.05) is 37.5 Å². The van der Waals surface area contributed by atoms with Crippen molar-refractivity contribution < 1.29 is 20.1 Å². The summed E-state index contributed by atoms with van der Waals surface area (Å²) in [6, 6.07) is 17.5. The first-order valence-electron chi connectivity index (χ1n) is 16.4. The number of hydrogen-bond acceptors (Lipinski definition) is 3. The van der Waals surface area contributed by atoms with E-state index in [2.05, 4.69) is 88.1 Å². The number of aliphatic imine (C=N–C) groups is 1. The second-order valence-corrected chi connectivity index (χ2v) is 13.4. The van der Waals surface area contributed by atoms with E-state index in [9.17, 15) is 0 Å². The minimum atomic E-state index is -0.126. The minimum absolute atomic E-state index is 0. The Morgan fingerprint density at radius 2 is 1.68 bits per heavy atom. The molecule has 0 spiro atoms. The standard InChI is InChI=1S/C22H17N2.C17H29N2.Ir/c1-13-7-8-14-12-24-21-15-9-10-23-18-6-4-5-17(19(15)18)22(2,3)20(21)16(14)11-13;1-14(18-16-9-5-3-6-10-16)13-15(2)19-17-11-7-4-8-12-17;/h4-8,10-12H,1-3H3;13,16-17H,3-12H2,1-2H3;/q2*-1;/b;14-13-,19-15?;. The first-order chi connectivity index (χ1) is 20.8. The molecule has 4 nitrogen and oxygen atoms in total. The maximum atomic E-state index is 4.85. The Labute approximate surface area is 277 Å². The van der Waals surface area contributed by atoms with Gasteiger partial charge in [-0.05, 0) is 60.8 Å². The number of nitrogens with zero attached hydrogens (tertiary/aromatic N) is 4. The molecule has 2 saturated carbocycles. The van der Waals surface area contributed by atoms with E-state index in [-0.39, 0.29) is 25.5 Å². The molecule has 0 unspecified atom stereocenters. The third kappa shape index (κ3) is 6.85. The first-order valence-corrected chi connectivity index (χ1v) is 16.4. The van der Waals surface area contributed by atoms with Crippen LogP contribution in [-0.4, -0.2) is 27.8 Å². The van der Waals surface area contributed by atoms with E-state index in [1.807, 2.05) is 6.20 Å². The molecule has 2 aromatic carbocycles. The van der Waals surface area contributed by atoms with Gasteiger partial charge < -0.3 is 10.3 Å². The molecule has 0 N–H and O–H groups in total. The summed E-state index contributed by atoms with van der Waals surface area (Å²) < 4.78 is 0. The average Bonchev–Trinajstić information content (AvgIpc) is 3.00. The van der Waals surface area contributed by atoms with Gasteiger partial charge >= 0.3 is 0 Å². The van der Waals surface area contributed by atoms with Gasteiger partial charge in [0.2, 0.25) is 0 Å². The van der Waals surface area contributed by atoms with Gasteiger partial charge in [-0.15, -0.1) is 6.04 Å². The van der Waals surface area contributed by atoms with E-state index in [1.54, 1.807) is 6.20 Å². The number of hydrogen-bond donors (Lipinski definition) is 0. The van der Waals surface area contributed by atoms with Crippen LogP contribution in [0.3, 0.4) is 0 Å². The zero-order valence-corrected chi connectivity index (χ0v) is 29.4. The van der Waals surface area contributed by atoms with Crippen LogP contribution in [0.15, 0.2) is 65.6 Å². The Kier molecular flexibility index (Phi) is 10.4. The Balaban J connectivity index is 0.000000176. The van der Waals surface area contributed by atoms with Crippen molar-refractivity contribution in [2.75, 3.05) is 0 Å². The van der Waals surface area contributed by atoms with Gasteiger partial charge in [-0.2, -0.15) is 17.3 Å². The van der Waals surface area contributed by atoms with E-state index in [0.717, 1.165) is 16.8 Å². The number of aryl methyl sites for hydroxylation is 1. The van der Waals surface area contributed by atoms with Crippen molar-refractivity contribution >= 4 is 27.4 Å². The number of benzene rings is 2. The molecule has 3 aliphatic rings. The largest absolute Gasteiger partial charge is 0.685 e. The van der Waals surface area contributed by atoms with E-state index in [4.69, 9.17) is 15.3 Å². The van der Waals surface area contributed by atoms with Crippen LogP contribution in [0.1, 0.15) is 109 Å². The quantitative estimate of drug-likeness (QED) is 0.154. The van der Waals surface area contributed by atoms with Crippen LogP contribution in [0.4, 0.5) is 0 Å². The van der Waals surface area contributed by atoms with Crippen LogP contribution in [0.2, 0.25) is 0 Å². The normalized spacial score (nSPS) is 18.7. The third-order valence-corrected chi connectivity index (χ3v) is 9.63. The van der Waals surface area contributed by atoms with Gasteiger partial charge in [0.1, 0.15) is 0 Å². The van der Waals surface area contributed by atoms with Gasteiger partial charge in [0.15, 0.2) is 0 Å². The second-order valence-electron chi connectivity index (χ2n) is 13.4. The van der Waals surface area contributed by atoms with Crippen molar-refractivity contribution in [1.29, 1.82) is 0 Å². The van der Waals surface area contributed by atoms with Gasteiger partial charge in [-0.25, -0.2) is 0 Å². The van der Waals surface area contributed by atoms with Crippen molar-refractivity contribution in [2.24, 2.45) is 4.99 Å². The molecule has 1 radical (unpaired) electrons. The van der Waals surface area contributed by atoms with Crippen LogP contribution in [0.5, 0.6) is 0 Å². The fourth-order valence-corrected chi connectivity index (χ4v) is 7.51. The van der Waals surface area contributed by atoms with E-state index in [1.165, 1.54) is 108 Å². The molecule has 7 rings (SSSR count). The topological polar surface area (TPSA) is 52.2 Å². The Morgan fingerprint density at radius 3 is 2.43 bits per heavy atom. The zero-order valence-electron chi connectivity index (χ0n) is 27.0. The molecule has 2 fully saturated rings. The summed E-state index contributed by atoms with van der Waals surface area (Å²) in [7, 11) is 0. The van der Waals surface area contributed by atoms with Crippen molar-refractivity contribution in [3.05, 3.63) is 88.6 Å². The first kappa shape index (κ1) is 32.5. The summed E-state index contributed by atoms with van der Waals surface area (Å²) >= 11 is 0. The van der Waals surface area contributed by atoms with Gasteiger partial charge in [0.05, 0.1) is 6.04 Å². The number of rotatable bonds is 4. The van der Waals surface area contributed by atoms with E-state index < -0.39 is 0 Å². The molecule has 0 amide bonds. The van der Waals surface area contributed by atoms with Crippen molar-refractivity contribution in [2.45, 2.75) is 116 Å². The number of pyridine rings is 2. The molecule has 233 valence electrons. The minimum Gasteiger partial charge on any atom is -0.685 e. The van der Waals surface area contributed by atoms with Crippen molar-refractivity contribution in [3.8, 4) is 11.3 Å². The maximum Gasteiger partial charge on any atom is 0.0502 e. The fourth-order valence-electron chi connectivity index (χ4n) is 7.51.